The lowest BCUT2D eigenvalue weighted by molar-refractivity contribution is 0.815. The molecule has 0 aliphatic carbocycles. The number of hydrogen-bond acceptors (Lipinski definition) is 4. The second kappa shape index (κ2) is 5.41. The van der Waals surface area contributed by atoms with E-state index in [9.17, 15) is 0 Å². The largest absolute Gasteiger partial charge is 0.351 e. The molecular formula is C11H12BrN3S. The molecule has 16 heavy (non-hydrogen) atoms. The van der Waals surface area contributed by atoms with Crippen LogP contribution in [0.3, 0.4) is 0 Å². The molecule has 0 aromatic carbocycles. The van der Waals surface area contributed by atoms with Crippen LogP contribution in [-0.4, -0.2) is 16.5 Å². The van der Waals surface area contributed by atoms with E-state index in [2.05, 4.69) is 55.2 Å². The Morgan fingerprint density at radius 2 is 2.38 bits per heavy atom. The minimum atomic E-state index is 0.893. The highest BCUT2D eigenvalue weighted by atomic mass is 79.9. The first-order chi connectivity index (χ1) is 7.81. The highest BCUT2D eigenvalue weighted by molar-refractivity contribution is 9.10. The van der Waals surface area contributed by atoms with E-state index >= 15 is 0 Å². The molecular weight excluding hydrogens is 286 g/mol. The van der Waals surface area contributed by atoms with E-state index in [0.717, 1.165) is 23.4 Å². The molecule has 0 radical (unpaired) electrons. The summed E-state index contributed by atoms with van der Waals surface area (Å²) in [6.45, 7) is 3.94. The van der Waals surface area contributed by atoms with Gasteiger partial charge >= 0.3 is 0 Å². The van der Waals surface area contributed by atoms with E-state index in [0.29, 0.717) is 0 Å². The summed E-state index contributed by atoms with van der Waals surface area (Å²) in [4.78, 5) is 11.8. The molecule has 0 amide bonds. The SMILES string of the molecule is CCN(Cc1cccs1)c1ncncc1Br. The maximum atomic E-state index is 4.30. The number of aromatic nitrogens is 2. The summed E-state index contributed by atoms with van der Waals surface area (Å²) in [6.07, 6.45) is 3.36. The Bertz CT molecular complexity index is 444. The van der Waals surface area contributed by atoms with E-state index in [1.807, 2.05) is 0 Å². The molecule has 0 aliphatic heterocycles. The Labute approximate surface area is 107 Å². The average Bonchev–Trinajstić information content (AvgIpc) is 2.80. The molecule has 2 rings (SSSR count). The topological polar surface area (TPSA) is 29.0 Å². The van der Waals surface area contributed by atoms with Crippen LogP contribution in [-0.2, 0) is 6.54 Å². The number of hydrogen-bond donors (Lipinski definition) is 0. The molecule has 0 unspecified atom stereocenters. The lowest BCUT2D eigenvalue weighted by Crippen LogP contribution is -2.23. The molecule has 0 spiro atoms. The summed E-state index contributed by atoms with van der Waals surface area (Å²) in [5, 5.41) is 2.10. The zero-order valence-electron chi connectivity index (χ0n) is 8.93. The normalized spacial score (nSPS) is 10.4. The molecule has 0 N–H and O–H groups in total. The number of halogens is 1. The molecule has 0 aliphatic rings. The van der Waals surface area contributed by atoms with Crippen molar-refractivity contribution in [3.8, 4) is 0 Å². The Hall–Kier alpha value is -0.940. The third-order valence-electron chi connectivity index (χ3n) is 2.26. The van der Waals surface area contributed by atoms with E-state index in [-0.39, 0.29) is 0 Å². The summed E-state index contributed by atoms with van der Waals surface area (Å²) in [5.74, 6) is 0.950. The fourth-order valence-corrected chi connectivity index (χ4v) is 2.66. The van der Waals surface area contributed by atoms with Gasteiger partial charge in [-0.2, -0.15) is 0 Å². The van der Waals surface area contributed by atoms with Gasteiger partial charge in [-0.25, -0.2) is 9.97 Å². The molecule has 84 valence electrons. The van der Waals surface area contributed by atoms with Crippen molar-refractivity contribution in [2.24, 2.45) is 0 Å². The summed E-state index contributed by atoms with van der Waals surface area (Å²) in [6, 6.07) is 4.21. The van der Waals surface area contributed by atoms with E-state index in [1.165, 1.54) is 4.88 Å². The summed E-state index contributed by atoms with van der Waals surface area (Å²) in [5.41, 5.74) is 0. The molecule has 2 aromatic heterocycles. The predicted molar refractivity (Wildman–Crippen MR) is 70.8 cm³/mol. The zero-order valence-corrected chi connectivity index (χ0v) is 11.3. The Balaban J connectivity index is 2.20. The van der Waals surface area contributed by atoms with Crippen LogP contribution >= 0.6 is 27.3 Å². The van der Waals surface area contributed by atoms with Crippen LogP contribution in [0.4, 0.5) is 5.82 Å². The van der Waals surface area contributed by atoms with E-state index in [4.69, 9.17) is 0 Å². The maximum Gasteiger partial charge on any atom is 0.146 e. The van der Waals surface area contributed by atoms with Crippen LogP contribution in [0, 0.1) is 0 Å². The number of anilines is 1. The fourth-order valence-electron chi connectivity index (χ4n) is 1.47. The van der Waals surface area contributed by atoms with Crippen molar-refractivity contribution in [3.05, 3.63) is 39.4 Å². The van der Waals surface area contributed by atoms with Crippen molar-refractivity contribution >= 4 is 33.1 Å². The third-order valence-corrected chi connectivity index (χ3v) is 3.68. The smallest absolute Gasteiger partial charge is 0.146 e. The Morgan fingerprint density at radius 1 is 1.50 bits per heavy atom. The third kappa shape index (κ3) is 2.59. The molecule has 0 bridgehead atoms. The number of thiophene rings is 1. The molecule has 3 nitrogen and oxygen atoms in total. The van der Waals surface area contributed by atoms with Crippen molar-refractivity contribution in [2.75, 3.05) is 11.4 Å². The van der Waals surface area contributed by atoms with Gasteiger partial charge in [0.25, 0.3) is 0 Å². The molecule has 2 heterocycles. The van der Waals surface area contributed by atoms with Gasteiger partial charge in [0.05, 0.1) is 11.0 Å². The molecule has 0 saturated heterocycles. The van der Waals surface area contributed by atoms with Gasteiger partial charge in [0.2, 0.25) is 0 Å². The average molecular weight is 298 g/mol. The van der Waals surface area contributed by atoms with Crippen LogP contribution in [0.2, 0.25) is 0 Å². The zero-order chi connectivity index (χ0) is 11.4. The standard InChI is InChI=1S/C11H12BrN3S/c1-2-15(7-9-4-3-5-16-9)11-10(12)6-13-8-14-11/h3-6,8H,2,7H2,1H3. The first kappa shape index (κ1) is 11.5. The minimum absolute atomic E-state index is 0.893. The lowest BCUT2D eigenvalue weighted by Gasteiger charge is -2.21. The fraction of sp³-hybridized carbons (Fsp3) is 0.273. The van der Waals surface area contributed by atoms with E-state index in [1.54, 1.807) is 23.9 Å². The first-order valence-electron chi connectivity index (χ1n) is 5.04. The van der Waals surface area contributed by atoms with Gasteiger partial charge in [-0.3, -0.25) is 0 Å². The summed E-state index contributed by atoms with van der Waals surface area (Å²) < 4.78 is 0.938. The van der Waals surface area contributed by atoms with Gasteiger partial charge in [-0.1, -0.05) is 6.07 Å². The van der Waals surface area contributed by atoms with Crippen molar-refractivity contribution < 1.29 is 0 Å². The van der Waals surface area contributed by atoms with Crippen LogP contribution in [0.5, 0.6) is 0 Å². The van der Waals surface area contributed by atoms with Gasteiger partial charge in [0.1, 0.15) is 12.1 Å². The van der Waals surface area contributed by atoms with E-state index < -0.39 is 0 Å². The summed E-state index contributed by atoms with van der Waals surface area (Å²) in [7, 11) is 0. The highest BCUT2D eigenvalue weighted by Crippen LogP contribution is 2.24. The van der Waals surface area contributed by atoms with Gasteiger partial charge < -0.3 is 4.90 Å². The van der Waals surface area contributed by atoms with Gasteiger partial charge in [-0.15, -0.1) is 11.3 Å². The highest BCUT2D eigenvalue weighted by Gasteiger charge is 2.10. The van der Waals surface area contributed by atoms with Crippen molar-refractivity contribution in [1.29, 1.82) is 0 Å². The monoisotopic (exact) mass is 297 g/mol. The molecule has 2 aromatic rings. The lowest BCUT2D eigenvalue weighted by atomic mass is 10.4. The maximum absolute atomic E-state index is 4.30. The van der Waals surface area contributed by atoms with Gasteiger partial charge in [-0.05, 0) is 34.3 Å². The predicted octanol–water partition coefficient (Wildman–Crippen LogP) is 3.33. The van der Waals surface area contributed by atoms with Crippen molar-refractivity contribution in [3.63, 3.8) is 0 Å². The molecule has 5 heteroatoms. The van der Waals surface area contributed by atoms with Crippen LogP contribution in [0.1, 0.15) is 11.8 Å². The van der Waals surface area contributed by atoms with Crippen LogP contribution < -0.4 is 4.90 Å². The Kier molecular flexibility index (Phi) is 3.90. The van der Waals surface area contributed by atoms with Crippen molar-refractivity contribution in [2.45, 2.75) is 13.5 Å². The molecule has 0 saturated carbocycles. The first-order valence-corrected chi connectivity index (χ1v) is 6.71. The number of nitrogens with zero attached hydrogens (tertiary/aromatic N) is 3. The van der Waals surface area contributed by atoms with Gasteiger partial charge in [0.15, 0.2) is 0 Å². The minimum Gasteiger partial charge on any atom is -0.351 e. The molecule has 0 atom stereocenters. The number of rotatable bonds is 4. The Morgan fingerprint density at radius 3 is 3.00 bits per heavy atom. The van der Waals surface area contributed by atoms with Crippen molar-refractivity contribution in [1.82, 2.24) is 9.97 Å². The summed E-state index contributed by atoms with van der Waals surface area (Å²) >= 11 is 5.25. The quantitative estimate of drug-likeness (QED) is 0.867. The second-order valence-corrected chi connectivity index (χ2v) is 5.17. The van der Waals surface area contributed by atoms with Crippen LogP contribution in [0.25, 0.3) is 0 Å². The van der Waals surface area contributed by atoms with Crippen LogP contribution in [0.15, 0.2) is 34.5 Å². The molecule has 0 fully saturated rings. The van der Waals surface area contributed by atoms with Gasteiger partial charge in [0, 0.05) is 17.6 Å². The second-order valence-electron chi connectivity index (χ2n) is 3.29.